The second-order valence-corrected chi connectivity index (χ2v) is 5.05. The first-order valence-electron chi connectivity index (χ1n) is 7.41. The van der Waals surface area contributed by atoms with Crippen molar-refractivity contribution in [1.82, 2.24) is 0 Å². The molecule has 0 aliphatic heterocycles. The van der Waals surface area contributed by atoms with Gasteiger partial charge in [0, 0.05) is 6.54 Å². The number of hydrogen-bond acceptors (Lipinski definition) is 4. The van der Waals surface area contributed by atoms with Crippen LogP contribution < -0.4 is 15.2 Å². The molecule has 0 radical (unpaired) electrons. The molecule has 0 saturated heterocycles. The SMILES string of the molecule is CCCOc1ccc(OCCCC(O)(CC)CN)cc1. The van der Waals surface area contributed by atoms with Gasteiger partial charge in [-0.2, -0.15) is 0 Å². The molecule has 1 rings (SSSR count). The Bertz CT molecular complexity index is 360. The predicted molar refractivity (Wildman–Crippen MR) is 81.3 cm³/mol. The monoisotopic (exact) mass is 281 g/mol. The zero-order valence-electron chi connectivity index (χ0n) is 12.6. The van der Waals surface area contributed by atoms with Crippen molar-refractivity contribution in [3.63, 3.8) is 0 Å². The van der Waals surface area contributed by atoms with Gasteiger partial charge >= 0.3 is 0 Å². The second kappa shape index (κ2) is 8.82. The van der Waals surface area contributed by atoms with Gasteiger partial charge in [0.15, 0.2) is 0 Å². The molecule has 0 fully saturated rings. The lowest BCUT2D eigenvalue weighted by Gasteiger charge is -2.24. The zero-order chi connectivity index (χ0) is 14.8. The average Bonchev–Trinajstić information content (AvgIpc) is 2.50. The molecule has 0 bridgehead atoms. The van der Waals surface area contributed by atoms with Gasteiger partial charge in [-0.1, -0.05) is 13.8 Å². The Kier molecular flexibility index (Phi) is 7.41. The van der Waals surface area contributed by atoms with Gasteiger partial charge < -0.3 is 20.3 Å². The van der Waals surface area contributed by atoms with Crippen LogP contribution in [0.4, 0.5) is 0 Å². The highest BCUT2D eigenvalue weighted by molar-refractivity contribution is 5.31. The molecule has 114 valence electrons. The molecular formula is C16H27NO3. The van der Waals surface area contributed by atoms with E-state index in [0.29, 0.717) is 26.0 Å². The van der Waals surface area contributed by atoms with Crippen molar-refractivity contribution in [1.29, 1.82) is 0 Å². The average molecular weight is 281 g/mol. The molecule has 0 spiro atoms. The zero-order valence-corrected chi connectivity index (χ0v) is 12.6. The molecule has 4 nitrogen and oxygen atoms in total. The highest BCUT2D eigenvalue weighted by atomic mass is 16.5. The molecule has 0 aliphatic carbocycles. The van der Waals surface area contributed by atoms with Crippen LogP contribution in [0.5, 0.6) is 11.5 Å². The number of nitrogens with two attached hydrogens (primary N) is 1. The van der Waals surface area contributed by atoms with E-state index in [1.807, 2.05) is 31.2 Å². The van der Waals surface area contributed by atoms with Gasteiger partial charge in [0.1, 0.15) is 11.5 Å². The third-order valence-electron chi connectivity index (χ3n) is 3.39. The van der Waals surface area contributed by atoms with Gasteiger partial charge in [0.05, 0.1) is 18.8 Å². The van der Waals surface area contributed by atoms with Gasteiger partial charge in [-0.15, -0.1) is 0 Å². The summed E-state index contributed by atoms with van der Waals surface area (Å²) in [6.45, 7) is 5.64. The predicted octanol–water partition coefficient (Wildman–Crippen LogP) is 2.73. The van der Waals surface area contributed by atoms with Crippen molar-refractivity contribution in [2.45, 2.75) is 45.1 Å². The first-order chi connectivity index (χ1) is 9.63. The Hall–Kier alpha value is -1.26. The summed E-state index contributed by atoms with van der Waals surface area (Å²) in [4.78, 5) is 0. The van der Waals surface area contributed by atoms with E-state index in [1.54, 1.807) is 0 Å². The maximum absolute atomic E-state index is 10.0. The summed E-state index contributed by atoms with van der Waals surface area (Å²) in [5.74, 6) is 1.68. The van der Waals surface area contributed by atoms with Crippen molar-refractivity contribution in [3.05, 3.63) is 24.3 Å². The fourth-order valence-corrected chi connectivity index (χ4v) is 1.87. The summed E-state index contributed by atoms with van der Waals surface area (Å²) in [6, 6.07) is 7.63. The largest absolute Gasteiger partial charge is 0.494 e. The van der Waals surface area contributed by atoms with E-state index in [1.165, 1.54) is 0 Å². The van der Waals surface area contributed by atoms with Crippen molar-refractivity contribution in [2.75, 3.05) is 19.8 Å². The van der Waals surface area contributed by atoms with Gasteiger partial charge in [-0.25, -0.2) is 0 Å². The lowest BCUT2D eigenvalue weighted by Crippen LogP contribution is -2.37. The molecule has 1 unspecified atom stereocenters. The fraction of sp³-hybridized carbons (Fsp3) is 0.625. The molecule has 0 aliphatic rings. The number of hydrogen-bond donors (Lipinski definition) is 2. The number of benzene rings is 1. The third-order valence-corrected chi connectivity index (χ3v) is 3.39. The molecule has 20 heavy (non-hydrogen) atoms. The number of aliphatic hydroxyl groups is 1. The van der Waals surface area contributed by atoms with Crippen LogP contribution >= 0.6 is 0 Å². The van der Waals surface area contributed by atoms with E-state index >= 15 is 0 Å². The van der Waals surface area contributed by atoms with E-state index in [4.69, 9.17) is 15.2 Å². The standard InChI is InChI=1S/C16H27NO3/c1-3-11-19-14-6-8-15(9-7-14)20-12-5-10-16(18,4-2)13-17/h6-9,18H,3-5,10-13,17H2,1-2H3. The molecule has 0 saturated carbocycles. The molecule has 1 aromatic carbocycles. The Morgan fingerprint density at radius 1 is 1.05 bits per heavy atom. The Labute approximate surface area is 121 Å². The van der Waals surface area contributed by atoms with Gasteiger partial charge in [0.25, 0.3) is 0 Å². The summed E-state index contributed by atoms with van der Waals surface area (Å²) in [7, 11) is 0. The van der Waals surface area contributed by atoms with Crippen LogP contribution in [0.1, 0.15) is 39.5 Å². The van der Waals surface area contributed by atoms with E-state index in [9.17, 15) is 5.11 Å². The topological polar surface area (TPSA) is 64.7 Å². The maximum Gasteiger partial charge on any atom is 0.119 e. The molecule has 4 heteroatoms. The smallest absolute Gasteiger partial charge is 0.119 e. The van der Waals surface area contributed by atoms with Crippen molar-refractivity contribution in [2.24, 2.45) is 5.73 Å². The lowest BCUT2D eigenvalue weighted by molar-refractivity contribution is 0.0309. The summed E-state index contributed by atoms with van der Waals surface area (Å²) < 4.78 is 11.1. The molecule has 3 N–H and O–H groups in total. The summed E-state index contributed by atoms with van der Waals surface area (Å²) in [6.07, 6.45) is 3.13. The first-order valence-corrected chi connectivity index (χ1v) is 7.41. The minimum Gasteiger partial charge on any atom is -0.494 e. The van der Waals surface area contributed by atoms with Crippen LogP contribution in [0, 0.1) is 0 Å². The Morgan fingerprint density at radius 3 is 2.05 bits per heavy atom. The normalized spacial score (nSPS) is 13.8. The lowest BCUT2D eigenvalue weighted by atomic mass is 9.95. The molecule has 0 aromatic heterocycles. The van der Waals surface area contributed by atoms with Gasteiger partial charge in [-0.05, 0) is 49.9 Å². The second-order valence-electron chi connectivity index (χ2n) is 5.05. The Morgan fingerprint density at radius 2 is 1.60 bits per heavy atom. The van der Waals surface area contributed by atoms with Crippen LogP contribution in [-0.4, -0.2) is 30.5 Å². The van der Waals surface area contributed by atoms with Crippen LogP contribution in [0.15, 0.2) is 24.3 Å². The van der Waals surface area contributed by atoms with Gasteiger partial charge in [-0.3, -0.25) is 0 Å². The fourth-order valence-electron chi connectivity index (χ4n) is 1.87. The van der Waals surface area contributed by atoms with E-state index in [-0.39, 0.29) is 0 Å². The molecule has 0 heterocycles. The van der Waals surface area contributed by atoms with Crippen molar-refractivity contribution >= 4 is 0 Å². The molecule has 1 atom stereocenters. The Balaban J connectivity index is 2.28. The third kappa shape index (κ3) is 5.80. The molecule has 0 amide bonds. The summed E-state index contributed by atoms with van der Waals surface area (Å²) in [5.41, 5.74) is 4.81. The van der Waals surface area contributed by atoms with Crippen molar-refractivity contribution < 1.29 is 14.6 Å². The van der Waals surface area contributed by atoms with E-state index in [2.05, 4.69) is 6.92 Å². The van der Waals surface area contributed by atoms with Crippen molar-refractivity contribution in [3.8, 4) is 11.5 Å². The van der Waals surface area contributed by atoms with Crippen LogP contribution in [0.3, 0.4) is 0 Å². The first kappa shape index (κ1) is 16.8. The quantitative estimate of drug-likeness (QED) is 0.647. The van der Waals surface area contributed by atoms with E-state index < -0.39 is 5.60 Å². The molecular weight excluding hydrogens is 254 g/mol. The molecule has 1 aromatic rings. The van der Waals surface area contributed by atoms with Crippen LogP contribution in [0.25, 0.3) is 0 Å². The number of ether oxygens (including phenoxy) is 2. The minimum absolute atomic E-state index is 0.299. The highest BCUT2D eigenvalue weighted by Crippen LogP contribution is 2.19. The number of rotatable bonds is 10. The maximum atomic E-state index is 10.0. The van der Waals surface area contributed by atoms with Crippen LogP contribution in [-0.2, 0) is 0 Å². The highest BCUT2D eigenvalue weighted by Gasteiger charge is 2.21. The van der Waals surface area contributed by atoms with E-state index in [0.717, 1.165) is 30.9 Å². The van der Waals surface area contributed by atoms with Gasteiger partial charge in [0.2, 0.25) is 0 Å². The summed E-state index contributed by atoms with van der Waals surface area (Å²) >= 11 is 0. The van der Waals surface area contributed by atoms with Crippen LogP contribution in [0.2, 0.25) is 0 Å². The minimum atomic E-state index is -0.749. The summed E-state index contributed by atoms with van der Waals surface area (Å²) in [5, 5.41) is 10.0.